The van der Waals surface area contributed by atoms with E-state index in [1.807, 2.05) is 24.3 Å². The van der Waals surface area contributed by atoms with E-state index in [0.29, 0.717) is 36.2 Å². The lowest BCUT2D eigenvalue weighted by Crippen LogP contribution is -2.52. The highest BCUT2D eigenvalue weighted by Gasteiger charge is 2.59. The number of rotatable bonds is 4. The molecule has 28 heavy (non-hydrogen) atoms. The number of carbonyl (C=O) groups is 2. The Morgan fingerprint density at radius 1 is 1.29 bits per heavy atom. The number of anilines is 2. The van der Waals surface area contributed by atoms with Crippen LogP contribution >= 0.6 is 23.4 Å². The molecule has 1 atom stereocenters. The second kappa shape index (κ2) is 7.66. The van der Waals surface area contributed by atoms with Gasteiger partial charge >= 0.3 is 6.03 Å². The standard InChI is InChI=1S/C20H20ClN3O3S/c1-27-11-9-23-17-8-3-2-7-16(17)20(18(23)25)24(10-12-28-20)19(26)22-15-6-4-5-14(21)13-15/h2-8,13H,9-12H2,1H3,(H,22,26)/t20-/m0/s1. The maximum absolute atomic E-state index is 13.5. The first-order valence-corrected chi connectivity index (χ1v) is 10.3. The summed E-state index contributed by atoms with van der Waals surface area (Å²) in [6.07, 6.45) is 0. The first-order chi connectivity index (χ1) is 13.6. The number of fused-ring (bicyclic) bond motifs is 2. The molecule has 2 heterocycles. The average Bonchev–Trinajstić information content (AvgIpc) is 3.23. The minimum Gasteiger partial charge on any atom is -0.383 e. The van der Waals surface area contributed by atoms with E-state index in [1.165, 1.54) is 11.8 Å². The number of thioether (sulfide) groups is 1. The molecule has 2 aliphatic heterocycles. The largest absolute Gasteiger partial charge is 0.383 e. The molecular weight excluding hydrogens is 398 g/mol. The molecule has 0 aliphatic carbocycles. The Balaban J connectivity index is 1.69. The van der Waals surface area contributed by atoms with Crippen molar-refractivity contribution in [2.45, 2.75) is 4.87 Å². The van der Waals surface area contributed by atoms with Gasteiger partial charge in [-0.2, -0.15) is 0 Å². The second-order valence-corrected chi connectivity index (χ2v) is 8.28. The first-order valence-electron chi connectivity index (χ1n) is 8.96. The third-order valence-electron chi connectivity index (χ3n) is 4.94. The molecule has 1 fully saturated rings. The van der Waals surface area contributed by atoms with E-state index >= 15 is 0 Å². The van der Waals surface area contributed by atoms with Crippen LogP contribution in [0.1, 0.15) is 5.56 Å². The van der Waals surface area contributed by atoms with Gasteiger partial charge in [-0.05, 0) is 24.3 Å². The average molecular weight is 418 g/mol. The Kier molecular flexibility index (Phi) is 5.23. The maximum atomic E-state index is 13.5. The lowest BCUT2D eigenvalue weighted by Gasteiger charge is -2.33. The predicted molar refractivity (Wildman–Crippen MR) is 112 cm³/mol. The fraction of sp³-hybridized carbons (Fsp3) is 0.300. The van der Waals surface area contributed by atoms with Crippen molar-refractivity contribution in [3.8, 4) is 0 Å². The van der Waals surface area contributed by atoms with E-state index in [1.54, 1.807) is 41.2 Å². The summed E-state index contributed by atoms with van der Waals surface area (Å²) in [7, 11) is 1.61. The van der Waals surface area contributed by atoms with Crippen LogP contribution in [0.15, 0.2) is 48.5 Å². The zero-order chi connectivity index (χ0) is 19.7. The minimum absolute atomic E-state index is 0.102. The number of hydrogen-bond donors (Lipinski definition) is 1. The van der Waals surface area contributed by atoms with E-state index in [4.69, 9.17) is 16.3 Å². The zero-order valence-electron chi connectivity index (χ0n) is 15.4. The van der Waals surface area contributed by atoms with Gasteiger partial charge in [0.15, 0.2) is 4.87 Å². The number of benzene rings is 2. The fourth-order valence-electron chi connectivity index (χ4n) is 3.73. The lowest BCUT2D eigenvalue weighted by atomic mass is 10.1. The third kappa shape index (κ3) is 3.03. The molecule has 1 saturated heterocycles. The van der Waals surface area contributed by atoms with Crippen LogP contribution in [0.2, 0.25) is 5.02 Å². The van der Waals surface area contributed by atoms with Gasteiger partial charge in [0.2, 0.25) is 0 Å². The van der Waals surface area contributed by atoms with Gasteiger partial charge < -0.3 is 15.0 Å². The number of ether oxygens (including phenoxy) is 1. The van der Waals surface area contributed by atoms with Gasteiger partial charge in [-0.25, -0.2) is 4.79 Å². The van der Waals surface area contributed by atoms with Crippen molar-refractivity contribution < 1.29 is 14.3 Å². The molecule has 146 valence electrons. The molecule has 2 aliphatic rings. The first kappa shape index (κ1) is 19.1. The number of carbonyl (C=O) groups excluding carboxylic acids is 2. The van der Waals surface area contributed by atoms with Gasteiger partial charge in [0, 0.05) is 42.2 Å². The van der Waals surface area contributed by atoms with E-state index < -0.39 is 4.87 Å². The molecule has 2 aromatic carbocycles. The number of nitrogens with one attached hydrogen (secondary N) is 1. The smallest absolute Gasteiger partial charge is 0.323 e. The Morgan fingerprint density at radius 3 is 2.89 bits per heavy atom. The molecule has 6 nitrogen and oxygen atoms in total. The van der Waals surface area contributed by atoms with Crippen LogP contribution in [0.4, 0.5) is 16.2 Å². The van der Waals surface area contributed by atoms with Crippen LogP contribution in [0.5, 0.6) is 0 Å². The number of halogens is 1. The number of methoxy groups -OCH3 is 1. The molecule has 0 aromatic heterocycles. The highest BCUT2D eigenvalue weighted by molar-refractivity contribution is 8.01. The normalized spacial score (nSPS) is 20.7. The van der Waals surface area contributed by atoms with Gasteiger partial charge in [0.05, 0.1) is 12.3 Å². The zero-order valence-corrected chi connectivity index (χ0v) is 16.9. The SMILES string of the molecule is COCCN1C(=O)[C@@]2(SCCN2C(=O)Nc2cccc(Cl)c2)c2ccccc21. The van der Waals surface area contributed by atoms with Gasteiger partial charge in [-0.1, -0.05) is 35.9 Å². The van der Waals surface area contributed by atoms with Crippen molar-refractivity contribution in [2.75, 3.05) is 42.8 Å². The van der Waals surface area contributed by atoms with E-state index in [0.717, 1.165) is 11.3 Å². The van der Waals surface area contributed by atoms with E-state index in [9.17, 15) is 9.59 Å². The number of para-hydroxylation sites is 1. The topological polar surface area (TPSA) is 61.9 Å². The Labute approximate surface area is 172 Å². The fourth-order valence-corrected chi connectivity index (χ4v) is 5.38. The molecule has 3 amide bonds. The monoisotopic (exact) mass is 417 g/mol. The van der Waals surface area contributed by atoms with Gasteiger partial charge in [-0.3, -0.25) is 9.69 Å². The molecule has 4 rings (SSSR count). The summed E-state index contributed by atoms with van der Waals surface area (Å²) in [4.78, 5) is 28.9. The van der Waals surface area contributed by atoms with Crippen molar-refractivity contribution in [3.05, 3.63) is 59.1 Å². The maximum Gasteiger partial charge on any atom is 0.323 e. The number of amides is 3. The highest BCUT2D eigenvalue weighted by atomic mass is 35.5. The molecule has 2 aromatic rings. The van der Waals surface area contributed by atoms with E-state index in [2.05, 4.69) is 5.32 Å². The van der Waals surface area contributed by atoms with Crippen LogP contribution < -0.4 is 10.2 Å². The van der Waals surface area contributed by atoms with Crippen molar-refractivity contribution in [3.63, 3.8) is 0 Å². The van der Waals surface area contributed by atoms with Crippen LogP contribution in [-0.2, 0) is 14.4 Å². The lowest BCUT2D eigenvalue weighted by molar-refractivity contribution is -0.123. The third-order valence-corrected chi connectivity index (χ3v) is 6.60. The molecule has 0 unspecified atom stereocenters. The Morgan fingerprint density at radius 2 is 2.11 bits per heavy atom. The molecule has 8 heteroatoms. The van der Waals surface area contributed by atoms with Crippen LogP contribution in [0.3, 0.4) is 0 Å². The van der Waals surface area contributed by atoms with Gasteiger partial charge in [0.25, 0.3) is 5.91 Å². The summed E-state index contributed by atoms with van der Waals surface area (Å²) in [5.74, 6) is 0.579. The van der Waals surface area contributed by atoms with Gasteiger partial charge in [-0.15, -0.1) is 11.8 Å². The summed E-state index contributed by atoms with van der Waals surface area (Å²) >= 11 is 7.52. The molecular formula is C20H20ClN3O3S. The molecule has 1 N–H and O–H groups in total. The van der Waals surface area contributed by atoms with Gasteiger partial charge in [0.1, 0.15) is 0 Å². The number of urea groups is 1. The molecule has 0 bridgehead atoms. The summed E-state index contributed by atoms with van der Waals surface area (Å²) in [5, 5.41) is 3.42. The minimum atomic E-state index is -1.05. The van der Waals surface area contributed by atoms with E-state index in [-0.39, 0.29) is 11.9 Å². The summed E-state index contributed by atoms with van der Waals surface area (Å²) in [5.41, 5.74) is 2.28. The summed E-state index contributed by atoms with van der Waals surface area (Å²) in [6.45, 7) is 1.35. The quantitative estimate of drug-likeness (QED) is 0.822. The van der Waals surface area contributed by atoms with Crippen LogP contribution in [0, 0.1) is 0 Å². The Bertz CT molecular complexity index is 925. The summed E-state index contributed by atoms with van der Waals surface area (Å²) < 4.78 is 5.18. The molecule has 0 saturated carbocycles. The predicted octanol–water partition coefficient (Wildman–Crippen LogP) is 3.77. The van der Waals surface area contributed by atoms with Crippen molar-refractivity contribution in [2.24, 2.45) is 0 Å². The number of hydrogen-bond acceptors (Lipinski definition) is 4. The second-order valence-electron chi connectivity index (χ2n) is 6.55. The highest BCUT2D eigenvalue weighted by Crippen LogP contribution is 2.54. The Hall–Kier alpha value is -2.22. The van der Waals surface area contributed by atoms with Crippen molar-refractivity contribution >= 4 is 46.7 Å². The number of nitrogens with zero attached hydrogens (tertiary/aromatic N) is 2. The summed E-state index contributed by atoms with van der Waals surface area (Å²) in [6, 6.07) is 14.3. The van der Waals surface area contributed by atoms with Crippen LogP contribution in [-0.4, -0.2) is 49.4 Å². The van der Waals surface area contributed by atoms with Crippen molar-refractivity contribution in [1.29, 1.82) is 0 Å². The van der Waals surface area contributed by atoms with Crippen molar-refractivity contribution in [1.82, 2.24) is 4.90 Å². The van der Waals surface area contributed by atoms with Crippen LogP contribution in [0.25, 0.3) is 0 Å². The molecule has 1 spiro atoms. The molecule has 0 radical (unpaired) electrons.